The van der Waals surface area contributed by atoms with Crippen molar-refractivity contribution >= 4 is 23.4 Å². The van der Waals surface area contributed by atoms with Gasteiger partial charge >= 0.3 is 0 Å². The Kier molecular flexibility index (Phi) is 5.87. The van der Waals surface area contributed by atoms with E-state index in [9.17, 15) is 4.79 Å². The molecular weight excluding hydrogens is 410 g/mol. The number of aromatic nitrogens is 3. The van der Waals surface area contributed by atoms with Crippen LogP contribution in [0.4, 0.5) is 5.69 Å². The minimum atomic E-state index is -0.757. The number of benzene rings is 2. The van der Waals surface area contributed by atoms with Crippen molar-refractivity contribution in [1.82, 2.24) is 15.2 Å². The summed E-state index contributed by atoms with van der Waals surface area (Å²) in [6, 6.07) is 16.6. The first-order valence-electron chi connectivity index (χ1n) is 9.91. The minimum Gasteiger partial charge on any atom is -0.447 e. The average molecular weight is 432 g/mol. The number of nitriles is 1. The number of ether oxygens (including phenoxy) is 1. The van der Waals surface area contributed by atoms with Crippen molar-refractivity contribution in [3.05, 3.63) is 59.7 Å². The van der Waals surface area contributed by atoms with Gasteiger partial charge in [-0.1, -0.05) is 55.9 Å². The van der Waals surface area contributed by atoms with Crippen LogP contribution in [0.3, 0.4) is 0 Å². The number of thioether (sulfide) groups is 1. The zero-order valence-electron chi connectivity index (χ0n) is 17.4. The van der Waals surface area contributed by atoms with Crippen LogP contribution in [0.1, 0.15) is 38.1 Å². The van der Waals surface area contributed by atoms with Crippen LogP contribution in [-0.2, 0) is 4.79 Å². The lowest BCUT2D eigenvalue weighted by molar-refractivity contribution is -0.118. The van der Waals surface area contributed by atoms with Crippen molar-refractivity contribution in [3.63, 3.8) is 0 Å². The summed E-state index contributed by atoms with van der Waals surface area (Å²) < 4.78 is 6.32. The van der Waals surface area contributed by atoms with Gasteiger partial charge in [0, 0.05) is 23.8 Å². The fraction of sp³-hybridized carbons (Fsp3) is 0.261. The summed E-state index contributed by atoms with van der Waals surface area (Å²) in [4.78, 5) is 19.0. The first-order valence-corrected chi connectivity index (χ1v) is 10.9. The summed E-state index contributed by atoms with van der Waals surface area (Å²) in [7, 11) is 0. The molecule has 0 spiro atoms. The molecule has 7 nitrogen and oxygen atoms in total. The predicted octanol–water partition coefficient (Wildman–Crippen LogP) is 4.60. The monoisotopic (exact) mass is 431 g/mol. The lowest BCUT2D eigenvalue weighted by Gasteiger charge is -2.29. The maximum Gasteiger partial charge on any atom is 0.247 e. The van der Waals surface area contributed by atoms with Crippen LogP contribution in [0.2, 0.25) is 0 Å². The van der Waals surface area contributed by atoms with E-state index < -0.39 is 6.23 Å². The molecular formula is C23H21N5O2S. The highest BCUT2D eigenvalue weighted by molar-refractivity contribution is 7.99. The van der Waals surface area contributed by atoms with Gasteiger partial charge in [-0.15, -0.1) is 10.2 Å². The Morgan fingerprint density at radius 2 is 1.94 bits per heavy atom. The van der Waals surface area contributed by atoms with E-state index in [1.165, 1.54) is 18.7 Å². The Bertz CT molecular complexity index is 1160. The van der Waals surface area contributed by atoms with Crippen LogP contribution in [0.5, 0.6) is 5.88 Å². The maximum atomic E-state index is 12.7. The molecule has 0 bridgehead atoms. The molecule has 156 valence electrons. The zero-order valence-corrected chi connectivity index (χ0v) is 18.3. The zero-order chi connectivity index (χ0) is 22.0. The topological polar surface area (TPSA) is 92.0 Å². The standard InChI is InChI=1S/C23H21N5O2S/c1-14(2)13-31-23-25-21-20(26-27-23)18-6-4-5-7-19(18)28(15(3)29)22(30-21)17-10-8-16(12-24)9-11-17/h4-11,14,22H,13H2,1-3H3/t22-/m0/s1. The number of nitrogens with zero attached hydrogens (tertiary/aromatic N) is 5. The van der Waals surface area contributed by atoms with Crippen molar-refractivity contribution in [1.29, 1.82) is 5.26 Å². The molecule has 1 aromatic heterocycles. The first kappa shape index (κ1) is 20.8. The van der Waals surface area contributed by atoms with Crippen LogP contribution >= 0.6 is 11.8 Å². The molecule has 0 fully saturated rings. The third-order valence-corrected chi connectivity index (χ3v) is 5.99. The van der Waals surface area contributed by atoms with E-state index in [1.54, 1.807) is 29.2 Å². The molecule has 31 heavy (non-hydrogen) atoms. The summed E-state index contributed by atoms with van der Waals surface area (Å²) in [5.41, 5.74) is 3.15. The largest absolute Gasteiger partial charge is 0.447 e. The van der Waals surface area contributed by atoms with Gasteiger partial charge in [-0.25, -0.2) is 0 Å². The second-order valence-electron chi connectivity index (χ2n) is 7.56. The molecule has 0 unspecified atom stereocenters. The van der Waals surface area contributed by atoms with E-state index in [1.807, 2.05) is 24.3 Å². The minimum absolute atomic E-state index is 0.183. The highest BCUT2D eigenvalue weighted by Gasteiger charge is 2.34. The third-order valence-electron chi connectivity index (χ3n) is 4.72. The number of carbonyl (C=O) groups is 1. The van der Waals surface area contributed by atoms with Gasteiger partial charge in [0.2, 0.25) is 23.2 Å². The smallest absolute Gasteiger partial charge is 0.247 e. The normalized spacial score (nSPS) is 14.8. The molecule has 0 saturated carbocycles. The molecule has 3 aromatic rings. The Morgan fingerprint density at radius 1 is 1.19 bits per heavy atom. The molecule has 1 aliphatic rings. The SMILES string of the molecule is CC(=O)N1c2ccccc2-c2nnc(SCC(C)C)nc2O[C@H]1c1ccc(C#N)cc1. The second kappa shape index (κ2) is 8.74. The second-order valence-corrected chi connectivity index (χ2v) is 8.55. The van der Waals surface area contributed by atoms with Crippen molar-refractivity contribution in [2.45, 2.75) is 32.2 Å². The van der Waals surface area contributed by atoms with Gasteiger partial charge in [-0.05, 0) is 24.1 Å². The van der Waals surface area contributed by atoms with E-state index in [-0.39, 0.29) is 5.91 Å². The lowest BCUT2D eigenvalue weighted by atomic mass is 10.1. The van der Waals surface area contributed by atoms with Gasteiger partial charge in [0.1, 0.15) is 0 Å². The fourth-order valence-electron chi connectivity index (χ4n) is 3.29. The molecule has 0 radical (unpaired) electrons. The number of carbonyl (C=O) groups excluding carboxylic acids is 1. The van der Waals surface area contributed by atoms with Crippen LogP contribution in [0, 0.1) is 17.2 Å². The highest BCUT2D eigenvalue weighted by Crippen LogP contribution is 2.43. The van der Waals surface area contributed by atoms with Crippen LogP contribution in [0.25, 0.3) is 11.3 Å². The molecule has 0 N–H and O–H groups in total. The summed E-state index contributed by atoms with van der Waals surface area (Å²) in [6.45, 7) is 5.75. The number of anilines is 1. The number of amides is 1. The molecule has 2 heterocycles. The first-order chi connectivity index (χ1) is 15.0. The number of hydrogen-bond acceptors (Lipinski definition) is 7. The summed E-state index contributed by atoms with van der Waals surface area (Å²) in [5, 5.41) is 18.3. The van der Waals surface area contributed by atoms with Crippen molar-refractivity contribution < 1.29 is 9.53 Å². The molecule has 1 aliphatic heterocycles. The summed E-state index contributed by atoms with van der Waals surface area (Å²) in [6.07, 6.45) is -0.757. The third kappa shape index (κ3) is 4.23. The van der Waals surface area contributed by atoms with Gasteiger partial charge in [0.15, 0.2) is 5.69 Å². The number of fused-ring (bicyclic) bond motifs is 3. The molecule has 1 amide bonds. The summed E-state index contributed by atoms with van der Waals surface area (Å²) in [5.74, 6) is 1.48. The molecule has 0 aliphatic carbocycles. The van der Waals surface area contributed by atoms with Crippen molar-refractivity contribution in [2.75, 3.05) is 10.7 Å². The van der Waals surface area contributed by atoms with Crippen molar-refractivity contribution in [2.24, 2.45) is 5.92 Å². The maximum absolute atomic E-state index is 12.7. The van der Waals surface area contributed by atoms with Crippen LogP contribution in [0.15, 0.2) is 53.7 Å². The van der Waals surface area contributed by atoms with Crippen LogP contribution < -0.4 is 9.64 Å². The highest BCUT2D eigenvalue weighted by atomic mass is 32.2. The Morgan fingerprint density at radius 3 is 2.61 bits per heavy atom. The lowest BCUT2D eigenvalue weighted by Crippen LogP contribution is -2.36. The molecule has 2 aromatic carbocycles. The van der Waals surface area contributed by atoms with E-state index in [0.717, 1.165) is 16.9 Å². The van der Waals surface area contributed by atoms with E-state index in [2.05, 4.69) is 35.1 Å². The molecule has 0 saturated heterocycles. The van der Waals surface area contributed by atoms with E-state index in [4.69, 9.17) is 10.00 Å². The number of hydrogen-bond donors (Lipinski definition) is 0. The molecule has 4 rings (SSSR count). The van der Waals surface area contributed by atoms with Crippen molar-refractivity contribution in [3.8, 4) is 23.2 Å². The number of rotatable bonds is 4. The Balaban J connectivity index is 1.86. The van der Waals surface area contributed by atoms with Gasteiger partial charge in [0.25, 0.3) is 0 Å². The Hall–Kier alpha value is -3.44. The van der Waals surface area contributed by atoms with E-state index >= 15 is 0 Å². The fourth-order valence-corrected chi connectivity index (χ4v) is 4.02. The van der Waals surface area contributed by atoms with Gasteiger partial charge < -0.3 is 4.74 Å². The average Bonchev–Trinajstić information content (AvgIpc) is 2.92. The molecule has 8 heteroatoms. The molecule has 1 atom stereocenters. The van der Waals surface area contributed by atoms with E-state index in [0.29, 0.717) is 33.9 Å². The summed E-state index contributed by atoms with van der Waals surface area (Å²) >= 11 is 1.52. The Labute approximate surface area is 185 Å². The van der Waals surface area contributed by atoms with Gasteiger partial charge in [-0.3, -0.25) is 9.69 Å². The van der Waals surface area contributed by atoms with Crippen LogP contribution in [-0.4, -0.2) is 26.8 Å². The number of para-hydroxylation sites is 1. The van der Waals surface area contributed by atoms with Gasteiger partial charge in [-0.2, -0.15) is 10.2 Å². The van der Waals surface area contributed by atoms with Gasteiger partial charge in [0.05, 0.1) is 17.3 Å². The predicted molar refractivity (Wildman–Crippen MR) is 119 cm³/mol. The quantitative estimate of drug-likeness (QED) is 0.557.